The van der Waals surface area contributed by atoms with E-state index in [0.29, 0.717) is 6.54 Å². The molecular weight excluding hydrogens is 214 g/mol. The molecule has 98 valence electrons. The molecule has 0 aliphatic carbocycles. The van der Waals surface area contributed by atoms with Crippen LogP contribution in [0.1, 0.15) is 27.2 Å². The standard InChI is InChI=1S/C13H25N3O/c1-4-13(2,3)15-12(17)9-16-7-10-5-14-6-11(10)8-16/h10-11,14H,4-9H2,1-3H3,(H,15,17). The lowest BCUT2D eigenvalue weighted by Gasteiger charge is -2.26. The van der Waals surface area contributed by atoms with Gasteiger partial charge in [0.05, 0.1) is 6.54 Å². The monoisotopic (exact) mass is 239 g/mol. The highest BCUT2D eigenvalue weighted by atomic mass is 16.2. The molecule has 0 aromatic heterocycles. The van der Waals surface area contributed by atoms with Crippen LogP contribution in [0.2, 0.25) is 0 Å². The Morgan fingerprint density at radius 1 is 1.35 bits per heavy atom. The molecule has 2 unspecified atom stereocenters. The first-order valence-electron chi connectivity index (χ1n) is 6.74. The summed E-state index contributed by atoms with van der Waals surface area (Å²) >= 11 is 0. The molecule has 2 N–H and O–H groups in total. The second-order valence-corrected chi connectivity index (χ2v) is 6.16. The van der Waals surface area contributed by atoms with Crippen molar-refractivity contribution >= 4 is 5.91 Å². The molecule has 0 aromatic rings. The minimum absolute atomic E-state index is 0.0752. The average Bonchev–Trinajstić information content (AvgIpc) is 2.76. The molecule has 17 heavy (non-hydrogen) atoms. The van der Waals surface area contributed by atoms with Crippen LogP contribution >= 0.6 is 0 Å². The van der Waals surface area contributed by atoms with E-state index >= 15 is 0 Å². The molecule has 0 saturated carbocycles. The minimum atomic E-state index is -0.0752. The van der Waals surface area contributed by atoms with Crippen molar-refractivity contribution in [3.05, 3.63) is 0 Å². The third kappa shape index (κ3) is 3.19. The van der Waals surface area contributed by atoms with Crippen molar-refractivity contribution in [1.29, 1.82) is 0 Å². The largest absolute Gasteiger partial charge is 0.350 e. The highest BCUT2D eigenvalue weighted by Crippen LogP contribution is 2.25. The lowest BCUT2D eigenvalue weighted by Crippen LogP contribution is -2.47. The highest BCUT2D eigenvalue weighted by molar-refractivity contribution is 5.78. The van der Waals surface area contributed by atoms with E-state index in [-0.39, 0.29) is 11.4 Å². The minimum Gasteiger partial charge on any atom is -0.350 e. The maximum Gasteiger partial charge on any atom is 0.234 e. The van der Waals surface area contributed by atoms with Gasteiger partial charge in [0, 0.05) is 18.6 Å². The normalized spacial score (nSPS) is 29.4. The zero-order valence-electron chi connectivity index (χ0n) is 11.3. The summed E-state index contributed by atoms with van der Waals surface area (Å²) in [5.74, 6) is 1.70. The van der Waals surface area contributed by atoms with E-state index in [1.807, 2.05) is 0 Å². The Morgan fingerprint density at radius 2 is 1.94 bits per heavy atom. The second-order valence-electron chi connectivity index (χ2n) is 6.16. The predicted octanol–water partition coefficient (Wildman–Crippen LogP) is 0.442. The van der Waals surface area contributed by atoms with Crippen molar-refractivity contribution in [1.82, 2.24) is 15.5 Å². The smallest absolute Gasteiger partial charge is 0.234 e. The van der Waals surface area contributed by atoms with Gasteiger partial charge in [-0.2, -0.15) is 0 Å². The number of nitrogens with one attached hydrogen (secondary N) is 2. The number of carbonyl (C=O) groups excluding carboxylic acids is 1. The summed E-state index contributed by atoms with van der Waals surface area (Å²) < 4.78 is 0. The molecule has 4 heteroatoms. The van der Waals surface area contributed by atoms with Crippen LogP contribution in [0.3, 0.4) is 0 Å². The number of hydrogen-bond donors (Lipinski definition) is 2. The van der Waals surface area contributed by atoms with Gasteiger partial charge in [-0.1, -0.05) is 6.92 Å². The van der Waals surface area contributed by atoms with Gasteiger partial charge in [-0.3, -0.25) is 9.69 Å². The SMILES string of the molecule is CCC(C)(C)NC(=O)CN1CC2CNCC2C1. The Kier molecular flexibility index (Phi) is 3.73. The van der Waals surface area contributed by atoms with Crippen LogP contribution in [0.4, 0.5) is 0 Å². The Balaban J connectivity index is 1.77. The topological polar surface area (TPSA) is 44.4 Å². The number of amides is 1. The van der Waals surface area contributed by atoms with Crippen molar-refractivity contribution < 1.29 is 4.79 Å². The summed E-state index contributed by atoms with van der Waals surface area (Å²) in [6.45, 7) is 11.2. The first-order chi connectivity index (χ1) is 8.00. The van der Waals surface area contributed by atoms with E-state index in [4.69, 9.17) is 0 Å². The van der Waals surface area contributed by atoms with Gasteiger partial charge in [-0.05, 0) is 45.2 Å². The molecule has 0 radical (unpaired) electrons. The molecule has 2 aliphatic heterocycles. The number of likely N-dealkylation sites (tertiary alicyclic amines) is 1. The van der Waals surface area contributed by atoms with Crippen LogP contribution in [0.15, 0.2) is 0 Å². The molecular formula is C13H25N3O. The summed E-state index contributed by atoms with van der Waals surface area (Å²) in [7, 11) is 0. The Morgan fingerprint density at radius 3 is 2.47 bits per heavy atom. The van der Waals surface area contributed by atoms with Crippen molar-refractivity contribution in [2.45, 2.75) is 32.7 Å². The van der Waals surface area contributed by atoms with Crippen LogP contribution < -0.4 is 10.6 Å². The fourth-order valence-electron chi connectivity index (χ4n) is 2.79. The van der Waals surface area contributed by atoms with Gasteiger partial charge >= 0.3 is 0 Å². The van der Waals surface area contributed by atoms with E-state index in [0.717, 1.165) is 44.4 Å². The lowest BCUT2D eigenvalue weighted by atomic mass is 10.0. The molecule has 2 fully saturated rings. The van der Waals surface area contributed by atoms with Crippen molar-refractivity contribution in [3.63, 3.8) is 0 Å². The fourth-order valence-corrected chi connectivity index (χ4v) is 2.79. The van der Waals surface area contributed by atoms with E-state index in [1.165, 1.54) is 0 Å². The van der Waals surface area contributed by atoms with E-state index in [9.17, 15) is 4.79 Å². The first kappa shape index (κ1) is 12.8. The number of nitrogens with zero attached hydrogens (tertiary/aromatic N) is 1. The third-order valence-corrected chi connectivity index (χ3v) is 4.19. The van der Waals surface area contributed by atoms with Gasteiger partial charge in [0.2, 0.25) is 5.91 Å². The molecule has 2 saturated heterocycles. The van der Waals surface area contributed by atoms with E-state index in [1.54, 1.807) is 0 Å². The number of fused-ring (bicyclic) bond motifs is 1. The van der Waals surface area contributed by atoms with E-state index < -0.39 is 0 Å². The lowest BCUT2D eigenvalue weighted by molar-refractivity contribution is -0.123. The molecule has 2 rings (SSSR count). The molecule has 2 aliphatic rings. The zero-order chi connectivity index (χ0) is 12.5. The molecule has 0 bridgehead atoms. The Labute approximate surface area is 104 Å². The second kappa shape index (κ2) is 4.94. The molecule has 0 spiro atoms. The predicted molar refractivity (Wildman–Crippen MR) is 68.8 cm³/mol. The molecule has 0 aromatic carbocycles. The first-order valence-corrected chi connectivity index (χ1v) is 6.74. The van der Waals surface area contributed by atoms with Crippen molar-refractivity contribution in [2.24, 2.45) is 11.8 Å². The maximum atomic E-state index is 11.9. The number of carbonyl (C=O) groups is 1. The van der Waals surface area contributed by atoms with Crippen LogP contribution in [-0.4, -0.2) is 49.1 Å². The van der Waals surface area contributed by atoms with Crippen LogP contribution in [-0.2, 0) is 4.79 Å². The van der Waals surface area contributed by atoms with Crippen LogP contribution in [0.25, 0.3) is 0 Å². The zero-order valence-corrected chi connectivity index (χ0v) is 11.3. The summed E-state index contributed by atoms with van der Waals surface area (Å²) in [4.78, 5) is 14.2. The number of rotatable bonds is 4. The van der Waals surface area contributed by atoms with Gasteiger partial charge < -0.3 is 10.6 Å². The highest BCUT2D eigenvalue weighted by Gasteiger charge is 2.36. The Hall–Kier alpha value is -0.610. The van der Waals surface area contributed by atoms with Gasteiger partial charge in [-0.25, -0.2) is 0 Å². The quantitative estimate of drug-likeness (QED) is 0.748. The van der Waals surface area contributed by atoms with Gasteiger partial charge in [0.1, 0.15) is 0 Å². The average molecular weight is 239 g/mol. The van der Waals surface area contributed by atoms with Gasteiger partial charge in [0.25, 0.3) is 0 Å². The van der Waals surface area contributed by atoms with E-state index in [2.05, 4.69) is 36.3 Å². The molecule has 1 amide bonds. The van der Waals surface area contributed by atoms with Crippen molar-refractivity contribution in [2.75, 3.05) is 32.7 Å². The van der Waals surface area contributed by atoms with Crippen LogP contribution in [0.5, 0.6) is 0 Å². The number of hydrogen-bond acceptors (Lipinski definition) is 3. The summed E-state index contributed by atoms with van der Waals surface area (Å²) in [6.07, 6.45) is 0.966. The molecule has 2 atom stereocenters. The van der Waals surface area contributed by atoms with Crippen molar-refractivity contribution in [3.8, 4) is 0 Å². The third-order valence-electron chi connectivity index (χ3n) is 4.19. The summed E-state index contributed by atoms with van der Waals surface area (Å²) in [5.41, 5.74) is -0.0752. The van der Waals surface area contributed by atoms with Crippen LogP contribution in [0, 0.1) is 11.8 Å². The van der Waals surface area contributed by atoms with Gasteiger partial charge in [0.15, 0.2) is 0 Å². The summed E-state index contributed by atoms with van der Waals surface area (Å²) in [5, 5.41) is 6.52. The summed E-state index contributed by atoms with van der Waals surface area (Å²) in [6, 6.07) is 0. The molecule has 4 nitrogen and oxygen atoms in total. The molecule has 2 heterocycles. The van der Waals surface area contributed by atoms with Gasteiger partial charge in [-0.15, -0.1) is 0 Å². The maximum absolute atomic E-state index is 11.9. The fraction of sp³-hybridized carbons (Fsp3) is 0.923. The Bertz CT molecular complexity index is 278.